The van der Waals surface area contributed by atoms with Gasteiger partial charge in [0.1, 0.15) is 5.82 Å². The molecule has 5 heteroatoms. The second-order valence-electron chi connectivity index (χ2n) is 7.08. The van der Waals surface area contributed by atoms with Crippen LogP contribution in [-0.4, -0.2) is 24.9 Å². The van der Waals surface area contributed by atoms with Crippen LogP contribution < -0.4 is 9.80 Å². The zero-order chi connectivity index (χ0) is 18.3. The summed E-state index contributed by atoms with van der Waals surface area (Å²) in [5.41, 5.74) is 3.56. The van der Waals surface area contributed by atoms with Gasteiger partial charge in [0.05, 0.1) is 11.6 Å². The van der Waals surface area contributed by atoms with Crippen molar-refractivity contribution in [2.24, 2.45) is 5.92 Å². The number of carbonyl (C=O) groups excluding carboxylic acids is 2. The molecule has 1 saturated heterocycles. The highest BCUT2D eigenvalue weighted by Gasteiger charge is 2.39. The quantitative estimate of drug-likeness (QED) is 0.830. The number of carbonyl (C=O) groups is 2. The van der Waals surface area contributed by atoms with Crippen LogP contribution in [0.5, 0.6) is 0 Å². The largest absolute Gasteiger partial charge is 0.312 e. The Kier molecular flexibility index (Phi) is 4.23. The van der Waals surface area contributed by atoms with E-state index in [1.54, 1.807) is 23.1 Å². The Bertz CT molecular complexity index is 880. The predicted octanol–water partition coefficient (Wildman–Crippen LogP) is 3.47. The van der Waals surface area contributed by atoms with Gasteiger partial charge in [-0.05, 0) is 43.5 Å². The number of fused-ring (bicyclic) bond motifs is 1. The van der Waals surface area contributed by atoms with Gasteiger partial charge in [0.2, 0.25) is 11.8 Å². The highest BCUT2D eigenvalue weighted by atomic mass is 19.1. The minimum Gasteiger partial charge on any atom is -0.312 e. The van der Waals surface area contributed by atoms with Gasteiger partial charge in [-0.15, -0.1) is 0 Å². The third-order valence-corrected chi connectivity index (χ3v) is 5.24. The van der Waals surface area contributed by atoms with Gasteiger partial charge in [-0.1, -0.05) is 29.8 Å². The summed E-state index contributed by atoms with van der Waals surface area (Å²) >= 11 is 0. The fraction of sp³-hybridized carbons (Fsp3) is 0.333. The SMILES string of the molecule is Cc1ccc2c(c1)CCCN2C(=O)C1CC(=O)N(c2ccccc2F)C1. The first-order valence-electron chi connectivity index (χ1n) is 9.00. The molecule has 2 aliphatic rings. The molecule has 0 bridgehead atoms. The van der Waals surface area contributed by atoms with Crippen molar-refractivity contribution in [3.05, 3.63) is 59.4 Å². The number of para-hydroxylation sites is 1. The lowest BCUT2D eigenvalue weighted by atomic mass is 9.97. The number of halogens is 1. The van der Waals surface area contributed by atoms with Gasteiger partial charge in [-0.25, -0.2) is 4.39 Å². The molecule has 1 atom stereocenters. The number of hydrogen-bond acceptors (Lipinski definition) is 2. The van der Waals surface area contributed by atoms with E-state index in [2.05, 4.69) is 6.07 Å². The van der Waals surface area contributed by atoms with Crippen molar-refractivity contribution in [2.75, 3.05) is 22.9 Å². The standard InChI is InChI=1S/C21H21FN2O2/c1-14-8-9-18-15(11-14)5-4-10-23(18)21(26)16-12-20(25)24(13-16)19-7-3-2-6-17(19)22/h2-3,6-9,11,16H,4-5,10,12-13H2,1H3. The molecular weight excluding hydrogens is 331 g/mol. The van der Waals surface area contributed by atoms with Gasteiger partial charge in [0.25, 0.3) is 0 Å². The molecule has 2 heterocycles. The Hall–Kier alpha value is -2.69. The molecule has 0 aliphatic carbocycles. The van der Waals surface area contributed by atoms with E-state index in [4.69, 9.17) is 0 Å². The lowest BCUT2D eigenvalue weighted by Crippen LogP contribution is -2.40. The number of benzene rings is 2. The Balaban J connectivity index is 1.57. The Labute approximate surface area is 152 Å². The summed E-state index contributed by atoms with van der Waals surface area (Å²) in [5.74, 6) is -1.11. The smallest absolute Gasteiger partial charge is 0.232 e. The second-order valence-corrected chi connectivity index (χ2v) is 7.08. The van der Waals surface area contributed by atoms with Crippen LogP contribution in [0, 0.1) is 18.7 Å². The van der Waals surface area contributed by atoms with Crippen LogP contribution in [0.15, 0.2) is 42.5 Å². The minimum atomic E-state index is -0.437. The van der Waals surface area contributed by atoms with Gasteiger partial charge in [0, 0.05) is 25.2 Å². The van der Waals surface area contributed by atoms with Crippen molar-refractivity contribution in [1.82, 2.24) is 0 Å². The lowest BCUT2D eigenvalue weighted by Gasteiger charge is -2.31. The number of anilines is 2. The fourth-order valence-electron chi connectivity index (χ4n) is 3.95. The van der Waals surface area contributed by atoms with Crippen LogP contribution in [0.3, 0.4) is 0 Å². The van der Waals surface area contributed by atoms with Crippen molar-refractivity contribution >= 4 is 23.2 Å². The van der Waals surface area contributed by atoms with Gasteiger partial charge in [-0.3, -0.25) is 9.59 Å². The third-order valence-electron chi connectivity index (χ3n) is 5.24. The molecule has 0 saturated carbocycles. The average molecular weight is 352 g/mol. The van der Waals surface area contributed by atoms with E-state index in [-0.39, 0.29) is 30.5 Å². The molecule has 2 aromatic rings. The fourth-order valence-corrected chi connectivity index (χ4v) is 3.95. The Morgan fingerprint density at radius 3 is 2.77 bits per heavy atom. The summed E-state index contributed by atoms with van der Waals surface area (Å²) in [6.45, 7) is 2.94. The third kappa shape index (κ3) is 2.87. The predicted molar refractivity (Wildman–Crippen MR) is 98.7 cm³/mol. The summed E-state index contributed by atoms with van der Waals surface area (Å²) in [6.07, 6.45) is 2.01. The number of aryl methyl sites for hydroxylation is 2. The van der Waals surface area contributed by atoms with Gasteiger partial charge >= 0.3 is 0 Å². The molecule has 2 amide bonds. The van der Waals surface area contributed by atoms with E-state index in [1.807, 2.05) is 19.1 Å². The van der Waals surface area contributed by atoms with Crippen molar-refractivity contribution in [2.45, 2.75) is 26.2 Å². The number of rotatable bonds is 2. The first kappa shape index (κ1) is 16.8. The Morgan fingerprint density at radius 1 is 1.15 bits per heavy atom. The van der Waals surface area contributed by atoms with E-state index in [0.29, 0.717) is 6.54 Å². The zero-order valence-corrected chi connectivity index (χ0v) is 14.7. The number of nitrogens with zero attached hydrogens (tertiary/aromatic N) is 2. The van der Waals surface area contributed by atoms with Crippen molar-refractivity contribution < 1.29 is 14.0 Å². The van der Waals surface area contributed by atoms with Gasteiger partial charge in [-0.2, -0.15) is 0 Å². The van der Waals surface area contributed by atoms with Crippen LogP contribution >= 0.6 is 0 Å². The number of hydrogen-bond donors (Lipinski definition) is 0. The molecule has 0 spiro atoms. The molecule has 1 fully saturated rings. The minimum absolute atomic E-state index is 0.0398. The van der Waals surface area contributed by atoms with E-state index in [1.165, 1.54) is 22.1 Å². The molecule has 134 valence electrons. The van der Waals surface area contributed by atoms with Crippen molar-refractivity contribution in [3.63, 3.8) is 0 Å². The molecule has 1 unspecified atom stereocenters. The summed E-state index contributed by atoms with van der Waals surface area (Å²) < 4.78 is 14.0. The van der Waals surface area contributed by atoms with Gasteiger partial charge < -0.3 is 9.80 Å². The van der Waals surface area contributed by atoms with E-state index < -0.39 is 11.7 Å². The maximum Gasteiger partial charge on any atom is 0.232 e. The molecule has 0 N–H and O–H groups in total. The average Bonchev–Trinajstić information content (AvgIpc) is 3.02. The number of amides is 2. The summed E-state index contributed by atoms with van der Waals surface area (Å²) in [6, 6.07) is 12.3. The Morgan fingerprint density at radius 2 is 1.96 bits per heavy atom. The molecule has 0 radical (unpaired) electrons. The molecule has 2 aromatic carbocycles. The van der Waals surface area contributed by atoms with E-state index in [9.17, 15) is 14.0 Å². The summed E-state index contributed by atoms with van der Waals surface area (Å²) in [5, 5.41) is 0. The van der Waals surface area contributed by atoms with Crippen LogP contribution in [0.4, 0.5) is 15.8 Å². The lowest BCUT2D eigenvalue weighted by molar-refractivity contribution is -0.124. The summed E-state index contributed by atoms with van der Waals surface area (Å²) in [4.78, 5) is 28.7. The van der Waals surface area contributed by atoms with Crippen LogP contribution in [0.25, 0.3) is 0 Å². The zero-order valence-electron chi connectivity index (χ0n) is 14.7. The highest BCUT2D eigenvalue weighted by molar-refractivity contribution is 6.04. The van der Waals surface area contributed by atoms with Gasteiger partial charge in [0.15, 0.2) is 0 Å². The molecular formula is C21H21FN2O2. The summed E-state index contributed by atoms with van der Waals surface area (Å²) in [7, 11) is 0. The maximum atomic E-state index is 14.0. The van der Waals surface area contributed by atoms with Crippen LogP contribution in [0.1, 0.15) is 24.0 Å². The van der Waals surface area contributed by atoms with Crippen molar-refractivity contribution in [3.8, 4) is 0 Å². The molecule has 0 aromatic heterocycles. The second kappa shape index (κ2) is 6.56. The maximum absolute atomic E-state index is 14.0. The van der Waals surface area contributed by atoms with E-state index >= 15 is 0 Å². The molecule has 4 nitrogen and oxygen atoms in total. The monoisotopic (exact) mass is 352 g/mol. The first-order chi connectivity index (χ1) is 12.5. The first-order valence-corrected chi connectivity index (χ1v) is 9.00. The molecule has 4 rings (SSSR count). The normalized spacial score (nSPS) is 19.6. The van der Waals surface area contributed by atoms with E-state index in [0.717, 1.165) is 18.5 Å². The van der Waals surface area contributed by atoms with Crippen LogP contribution in [-0.2, 0) is 16.0 Å². The molecule has 2 aliphatic heterocycles. The molecule has 26 heavy (non-hydrogen) atoms. The topological polar surface area (TPSA) is 40.6 Å². The van der Waals surface area contributed by atoms with Crippen molar-refractivity contribution in [1.29, 1.82) is 0 Å². The highest BCUT2D eigenvalue weighted by Crippen LogP contribution is 2.33. The van der Waals surface area contributed by atoms with Crippen LogP contribution in [0.2, 0.25) is 0 Å².